The second kappa shape index (κ2) is 6.98. The van der Waals surface area contributed by atoms with Gasteiger partial charge in [0.1, 0.15) is 11.8 Å². The minimum absolute atomic E-state index is 0.0647. The Hall–Kier alpha value is -2.44. The topological polar surface area (TPSA) is 86.3 Å². The number of amides is 1. The number of hydrogen-bond donors (Lipinski definition) is 4. The Labute approximate surface area is 141 Å². The van der Waals surface area contributed by atoms with Gasteiger partial charge < -0.3 is 10.4 Å². The van der Waals surface area contributed by atoms with Crippen LogP contribution in [0.15, 0.2) is 36.7 Å². The number of phenols is 1. The standard InChI is InChI=1S/C18H22N4O2/c1-11-3-4-14(17(23)12(11)2)15-9-16(22-21-15)18(24)20-10-13-5-7-19-8-6-13/h3-8,15-16,21-23H,9-10H2,1-2H3,(H,20,24). The Kier molecular flexibility index (Phi) is 4.78. The zero-order chi connectivity index (χ0) is 17.1. The molecule has 2 atom stereocenters. The van der Waals surface area contributed by atoms with Crippen molar-refractivity contribution in [2.75, 3.05) is 0 Å². The molecular formula is C18H22N4O2. The Bertz CT molecular complexity index is 733. The first-order valence-electron chi connectivity index (χ1n) is 8.03. The van der Waals surface area contributed by atoms with Gasteiger partial charge in [0.25, 0.3) is 0 Å². The van der Waals surface area contributed by atoms with Crippen molar-refractivity contribution in [3.63, 3.8) is 0 Å². The van der Waals surface area contributed by atoms with Gasteiger partial charge in [-0.3, -0.25) is 9.78 Å². The van der Waals surface area contributed by atoms with Gasteiger partial charge in [-0.25, -0.2) is 10.9 Å². The number of hydrazine groups is 1. The van der Waals surface area contributed by atoms with Crippen molar-refractivity contribution in [2.24, 2.45) is 0 Å². The molecule has 0 bridgehead atoms. The summed E-state index contributed by atoms with van der Waals surface area (Å²) in [7, 11) is 0. The van der Waals surface area contributed by atoms with Crippen LogP contribution in [0.5, 0.6) is 5.75 Å². The molecule has 1 aliphatic rings. The molecule has 0 spiro atoms. The number of aromatic hydroxyl groups is 1. The second-order valence-electron chi connectivity index (χ2n) is 6.15. The molecule has 126 valence electrons. The summed E-state index contributed by atoms with van der Waals surface area (Å²) >= 11 is 0. The van der Waals surface area contributed by atoms with E-state index in [1.54, 1.807) is 12.4 Å². The van der Waals surface area contributed by atoms with Gasteiger partial charge >= 0.3 is 0 Å². The molecule has 1 aromatic carbocycles. The SMILES string of the molecule is Cc1ccc(C2CC(C(=O)NCc3ccncc3)NN2)c(O)c1C. The van der Waals surface area contributed by atoms with Crippen LogP contribution in [0.3, 0.4) is 0 Å². The van der Waals surface area contributed by atoms with Gasteiger partial charge in [0.15, 0.2) is 0 Å². The number of aromatic nitrogens is 1. The molecule has 2 heterocycles. The third-order valence-electron chi connectivity index (χ3n) is 4.54. The molecule has 6 heteroatoms. The third kappa shape index (κ3) is 3.39. The average Bonchev–Trinajstić information content (AvgIpc) is 3.08. The predicted octanol–water partition coefficient (Wildman–Crippen LogP) is 1.63. The van der Waals surface area contributed by atoms with Crippen LogP contribution < -0.4 is 16.2 Å². The Morgan fingerprint density at radius 2 is 2.00 bits per heavy atom. The van der Waals surface area contributed by atoms with Crippen LogP contribution in [0.2, 0.25) is 0 Å². The summed E-state index contributed by atoms with van der Waals surface area (Å²) in [6.45, 7) is 4.34. The summed E-state index contributed by atoms with van der Waals surface area (Å²) in [6, 6.07) is 7.21. The molecule has 0 aliphatic carbocycles. The number of phenolic OH excluding ortho intramolecular Hbond substituents is 1. The molecule has 24 heavy (non-hydrogen) atoms. The van der Waals surface area contributed by atoms with E-state index < -0.39 is 0 Å². The average molecular weight is 326 g/mol. The van der Waals surface area contributed by atoms with E-state index >= 15 is 0 Å². The van der Waals surface area contributed by atoms with Gasteiger partial charge in [0.2, 0.25) is 5.91 Å². The lowest BCUT2D eigenvalue weighted by molar-refractivity contribution is -0.123. The van der Waals surface area contributed by atoms with Crippen LogP contribution in [-0.2, 0) is 11.3 Å². The lowest BCUT2D eigenvalue weighted by Crippen LogP contribution is -2.42. The molecule has 2 aromatic rings. The maximum absolute atomic E-state index is 12.3. The normalized spacial score (nSPS) is 20.1. The number of benzene rings is 1. The number of aryl methyl sites for hydroxylation is 1. The fraction of sp³-hybridized carbons (Fsp3) is 0.333. The Morgan fingerprint density at radius 1 is 1.25 bits per heavy atom. The number of hydrogen-bond acceptors (Lipinski definition) is 5. The van der Waals surface area contributed by atoms with Crippen molar-refractivity contribution in [1.29, 1.82) is 0 Å². The molecule has 1 fully saturated rings. The summed E-state index contributed by atoms with van der Waals surface area (Å²) in [4.78, 5) is 16.3. The molecule has 2 unspecified atom stereocenters. The highest BCUT2D eigenvalue weighted by Gasteiger charge is 2.31. The Balaban J connectivity index is 1.61. The molecule has 3 rings (SSSR count). The largest absolute Gasteiger partial charge is 0.507 e. The van der Waals surface area contributed by atoms with E-state index in [-0.39, 0.29) is 18.0 Å². The second-order valence-corrected chi connectivity index (χ2v) is 6.15. The van der Waals surface area contributed by atoms with Crippen molar-refractivity contribution < 1.29 is 9.90 Å². The van der Waals surface area contributed by atoms with Crippen molar-refractivity contribution in [3.8, 4) is 5.75 Å². The first-order chi connectivity index (χ1) is 11.6. The summed E-state index contributed by atoms with van der Waals surface area (Å²) < 4.78 is 0. The molecule has 0 radical (unpaired) electrons. The number of nitrogens with zero attached hydrogens (tertiary/aromatic N) is 1. The summed E-state index contributed by atoms with van der Waals surface area (Å²) in [5.74, 6) is 0.234. The van der Waals surface area contributed by atoms with Gasteiger partial charge in [-0.15, -0.1) is 0 Å². The summed E-state index contributed by atoms with van der Waals surface area (Å²) in [5, 5.41) is 13.3. The number of pyridine rings is 1. The minimum Gasteiger partial charge on any atom is -0.507 e. The number of carbonyl (C=O) groups is 1. The predicted molar refractivity (Wildman–Crippen MR) is 91.1 cm³/mol. The highest BCUT2D eigenvalue weighted by Crippen LogP contribution is 2.33. The van der Waals surface area contributed by atoms with E-state index in [9.17, 15) is 9.90 Å². The van der Waals surface area contributed by atoms with Gasteiger partial charge in [0.05, 0.1) is 6.04 Å². The third-order valence-corrected chi connectivity index (χ3v) is 4.54. The quantitative estimate of drug-likeness (QED) is 0.686. The fourth-order valence-corrected chi connectivity index (χ4v) is 2.85. The minimum atomic E-state index is -0.335. The number of carbonyl (C=O) groups excluding carboxylic acids is 1. The van der Waals surface area contributed by atoms with E-state index in [0.29, 0.717) is 18.7 Å². The van der Waals surface area contributed by atoms with Gasteiger partial charge in [-0.1, -0.05) is 12.1 Å². The van der Waals surface area contributed by atoms with Crippen molar-refractivity contribution >= 4 is 5.91 Å². The lowest BCUT2D eigenvalue weighted by atomic mass is 9.96. The highest BCUT2D eigenvalue weighted by atomic mass is 16.3. The lowest BCUT2D eigenvalue weighted by Gasteiger charge is -2.15. The molecule has 1 aromatic heterocycles. The molecule has 4 N–H and O–H groups in total. The zero-order valence-electron chi connectivity index (χ0n) is 13.8. The fourth-order valence-electron chi connectivity index (χ4n) is 2.85. The van der Waals surface area contributed by atoms with E-state index in [1.807, 2.05) is 38.1 Å². The number of rotatable bonds is 4. The van der Waals surface area contributed by atoms with E-state index in [0.717, 1.165) is 22.3 Å². The molecule has 1 saturated heterocycles. The van der Waals surface area contributed by atoms with Gasteiger partial charge in [-0.2, -0.15) is 0 Å². The first kappa shape index (κ1) is 16.4. The summed E-state index contributed by atoms with van der Waals surface area (Å²) in [5.41, 5.74) is 9.87. The molecule has 1 aliphatic heterocycles. The van der Waals surface area contributed by atoms with Gasteiger partial charge in [-0.05, 0) is 49.1 Å². The Morgan fingerprint density at radius 3 is 2.75 bits per heavy atom. The molecule has 1 amide bonds. The van der Waals surface area contributed by atoms with Crippen LogP contribution in [0.4, 0.5) is 0 Å². The van der Waals surface area contributed by atoms with Crippen molar-refractivity contribution in [1.82, 2.24) is 21.2 Å². The van der Waals surface area contributed by atoms with E-state index in [2.05, 4.69) is 21.2 Å². The molecule has 0 saturated carbocycles. The monoisotopic (exact) mass is 326 g/mol. The maximum Gasteiger partial charge on any atom is 0.238 e. The molecular weight excluding hydrogens is 304 g/mol. The summed E-state index contributed by atoms with van der Waals surface area (Å²) in [6.07, 6.45) is 3.99. The van der Waals surface area contributed by atoms with Crippen LogP contribution in [0, 0.1) is 13.8 Å². The zero-order valence-corrected chi connectivity index (χ0v) is 13.8. The van der Waals surface area contributed by atoms with Gasteiger partial charge in [0, 0.05) is 24.5 Å². The van der Waals surface area contributed by atoms with Crippen molar-refractivity contribution in [2.45, 2.75) is 38.9 Å². The van der Waals surface area contributed by atoms with Crippen molar-refractivity contribution in [3.05, 3.63) is 58.9 Å². The van der Waals surface area contributed by atoms with E-state index in [4.69, 9.17) is 0 Å². The van der Waals surface area contributed by atoms with Crippen LogP contribution >= 0.6 is 0 Å². The van der Waals surface area contributed by atoms with Crippen LogP contribution in [-0.4, -0.2) is 22.0 Å². The van der Waals surface area contributed by atoms with Crippen LogP contribution in [0.1, 0.15) is 34.7 Å². The van der Waals surface area contributed by atoms with Crippen LogP contribution in [0.25, 0.3) is 0 Å². The highest BCUT2D eigenvalue weighted by molar-refractivity contribution is 5.82. The smallest absolute Gasteiger partial charge is 0.238 e. The number of nitrogens with one attached hydrogen (secondary N) is 3. The van der Waals surface area contributed by atoms with E-state index in [1.165, 1.54) is 0 Å². The maximum atomic E-state index is 12.3. The first-order valence-corrected chi connectivity index (χ1v) is 8.03. The molecule has 6 nitrogen and oxygen atoms in total.